The lowest BCUT2D eigenvalue weighted by Gasteiger charge is -2.17. The molecule has 0 radical (unpaired) electrons. The van der Waals surface area contributed by atoms with Crippen molar-refractivity contribution in [2.75, 3.05) is 18.9 Å². The molecular formula is C16H16F2N2O3S. The van der Waals surface area contributed by atoms with E-state index < -0.39 is 34.1 Å². The second kappa shape index (κ2) is 7.06. The minimum atomic E-state index is -3.84. The molecule has 0 saturated heterocycles. The summed E-state index contributed by atoms with van der Waals surface area (Å²) in [6.45, 7) is 1.32. The molecule has 0 aromatic heterocycles. The molecular weight excluding hydrogens is 338 g/mol. The van der Waals surface area contributed by atoms with E-state index in [1.165, 1.54) is 19.2 Å². The smallest absolute Gasteiger partial charge is 0.243 e. The Morgan fingerprint density at radius 1 is 1.12 bits per heavy atom. The number of benzene rings is 2. The van der Waals surface area contributed by atoms with Gasteiger partial charge in [0.15, 0.2) is 0 Å². The lowest BCUT2D eigenvalue weighted by molar-refractivity contribution is -0.116. The summed E-state index contributed by atoms with van der Waals surface area (Å²) in [7, 11) is -2.60. The van der Waals surface area contributed by atoms with E-state index in [0.717, 1.165) is 22.0 Å². The van der Waals surface area contributed by atoms with Gasteiger partial charge in [-0.2, -0.15) is 4.31 Å². The molecule has 1 N–H and O–H groups in total. The number of likely N-dealkylation sites (N-methyl/N-ethyl adjacent to an activating group) is 1. The molecule has 0 saturated carbocycles. The predicted molar refractivity (Wildman–Crippen MR) is 86.0 cm³/mol. The molecule has 0 bridgehead atoms. The first-order chi connectivity index (χ1) is 11.2. The molecule has 128 valence electrons. The molecule has 5 nitrogen and oxygen atoms in total. The molecule has 0 aliphatic heterocycles. The van der Waals surface area contributed by atoms with Crippen molar-refractivity contribution >= 4 is 21.6 Å². The number of nitrogens with zero attached hydrogens (tertiary/aromatic N) is 1. The molecule has 0 aliphatic carbocycles. The van der Waals surface area contributed by atoms with Gasteiger partial charge < -0.3 is 5.32 Å². The second-order valence-corrected chi connectivity index (χ2v) is 7.29. The first-order valence-corrected chi connectivity index (χ1v) is 8.42. The van der Waals surface area contributed by atoms with Gasteiger partial charge in [0, 0.05) is 13.1 Å². The van der Waals surface area contributed by atoms with E-state index in [9.17, 15) is 22.0 Å². The summed E-state index contributed by atoms with van der Waals surface area (Å²) in [5.74, 6) is -2.45. The highest BCUT2D eigenvalue weighted by molar-refractivity contribution is 7.89. The number of hydrogen-bond donors (Lipinski definition) is 1. The van der Waals surface area contributed by atoms with Crippen molar-refractivity contribution < 1.29 is 22.0 Å². The van der Waals surface area contributed by atoms with Crippen molar-refractivity contribution in [2.24, 2.45) is 0 Å². The monoisotopic (exact) mass is 354 g/mol. The number of aryl methyl sites for hydroxylation is 1. The van der Waals surface area contributed by atoms with Crippen LogP contribution in [0, 0.1) is 18.6 Å². The second-order valence-electron chi connectivity index (χ2n) is 5.25. The third-order valence-electron chi connectivity index (χ3n) is 3.30. The minimum Gasteiger partial charge on any atom is -0.322 e. The minimum absolute atomic E-state index is 0.0522. The van der Waals surface area contributed by atoms with Crippen LogP contribution in [0.25, 0.3) is 0 Å². The Morgan fingerprint density at radius 2 is 1.75 bits per heavy atom. The van der Waals surface area contributed by atoms with Crippen LogP contribution in [0.1, 0.15) is 5.56 Å². The summed E-state index contributed by atoms with van der Waals surface area (Å²) in [5.41, 5.74) is 0.684. The third kappa shape index (κ3) is 4.15. The normalized spacial score (nSPS) is 11.5. The van der Waals surface area contributed by atoms with Crippen molar-refractivity contribution in [3.63, 3.8) is 0 Å². The molecule has 2 rings (SSSR count). The summed E-state index contributed by atoms with van der Waals surface area (Å²) < 4.78 is 51.9. The van der Waals surface area contributed by atoms with E-state index in [1.807, 2.05) is 6.92 Å². The zero-order chi connectivity index (χ0) is 17.9. The Kier molecular flexibility index (Phi) is 5.30. The lowest BCUT2D eigenvalue weighted by Crippen LogP contribution is -2.35. The van der Waals surface area contributed by atoms with Crippen LogP contribution in [0.2, 0.25) is 0 Å². The predicted octanol–water partition coefficient (Wildman–Crippen LogP) is 2.53. The quantitative estimate of drug-likeness (QED) is 0.897. The highest BCUT2D eigenvalue weighted by Crippen LogP contribution is 2.17. The highest BCUT2D eigenvalue weighted by Gasteiger charge is 2.23. The fourth-order valence-electron chi connectivity index (χ4n) is 1.96. The number of nitrogens with one attached hydrogen (secondary N) is 1. The topological polar surface area (TPSA) is 66.5 Å². The summed E-state index contributed by atoms with van der Waals surface area (Å²) in [6, 6.07) is 8.87. The van der Waals surface area contributed by atoms with E-state index in [-0.39, 0.29) is 10.6 Å². The molecule has 0 heterocycles. The Hall–Kier alpha value is -2.32. The number of rotatable bonds is 5. The van der Waals surface area contributed by atoms with Gasteiger partial charge in [0.05, 0.1) is 17.1 Å². The number of hydrogen-bond acceptors (Lipinski definition) is 3. The number of halogens is 2. The molecule has 0 unspecified atom stereocenters. The fourth-order valence-corrected chi connectivity index (χ4v) is 3.09. The van der Waals surface area contributed by atoms with E-state index in [2.05, 4.69) is 5.32 Å². The zero-order valence-corrected chi connectivity index (χ0v) is 13.9. The number of carbonyl (C=O) groups excluding carboxylic acids is 1. The Morgan fingerprint density at radius 3 is 2.33 bits per heavy atom. The maximum absolute atomic E-state index is 13.5. The van der Waals surface area contributed by atoms with Crippen molar-refractivity contribution in [1.82, 2.24) is 4.31 Å². The van der Waals surface area contributed by atoms with Crippen LogP contribution in [0.4, 0.5) is 14.5 Å². The van der Waals surface area contributed by atoms with Crippen LogP contribution in [-0.4, -0.2) is 32.2 Å². The van der Waals surface area contributed by atoms with Gasteiger partial charge in [0.2, 0.25) is 15.9 Å². The van der Waals surface area contributed by atoms with Crippen molar-refractivity contribution in [3.8, 4) is 0 Å². The molecule has 0 atom stereocenters. The standard InChI is InChI=1S/C16H16F2N2O3S/c1-11-3-6-13(7-4-11)24(22,23)20(2)10-16(21)19-15-8-5-12(17)9-14(15)18/h3-9H,10H2,1-2H3,(H,19,21). The van der Waals surface area contributed by atoms with Gasteiger partial charge in [0.1, 0.15) is 11.6 Å². The number of amides is 1. The molecule has 2 aromatic rings. The molecule has 0 spiro atoms. The molecule has 8 heteroatoms. The molecule has 0 fully saturated rings. The molecule has 24 heavy (non-hydrogen) atoms. The summed E-state index contributed by atoms with van der Waals surface area (Å²) in [5, 5.41) is 2.21. The lowest BCUT2D eigenvalue weighted by atomic mass is 10.2. The Labute approximate surface area is 139 Å². The van der Waals surface area contributed by atoms with Crippen LogP contribution < -0.4 is 5.32 Å². The van der Waals surface area contributed by atoms with Gasteiger partial charge in [-0.15, -0.1) is 0 Å². The van der Waals surface area contributed by atoms with Crippen molar-refractivity contribution in [2.45, 2.75) is 11.8 Å². The van der Waals surface area contributed by atoms with Gasteiger partial charge in [0.25, 0.3) is 0 Å². The van der Waals surface area contributed by atoms with Gasteiger partial charge >= 0.3 is 0 Å². The molecule has 2 aromatic carbocycles. The van der Waals surface area contributed by atoms with E-state index in [4.69, 9.17) is 0 Å². The highest BCUT2D eigenvalue weighted by atomic mass is 32.2. The van der Waals surface area contributed by atoms with Crippen molar-refractivity contribution in [1.29, 1.82) is 0 Å². The first kappa shape index (κ1) is 18.0. The van der Waals surface area contributed by atoms with Gasteiger partial charge in [-0.1, -0.05) is 17.7 Å². The van der Waals surface area contributed by atoms with E-state index >= 15 is 0 Å². The van der Waals surface area contributed by atoms with Gasteiger partial charge in [-0.05, 0) is 31.2 Å². The van der Waals surface area contributed by atoms with Crippen LogP contribution in [-0.2, 0) is 14.8 Å². The first-order valence-electron chi connectivity index (χ1n) is 6.98. The molecule has 1 amide bonds. The number of sulfonamides is 1. The largest absolute Gasteiger partial charge is 0.322 e. The summed E-state index contributed by atoms with van der Waals surface area (Å²) >= 11 is 0. The summed E-state index contributed by atoms with van der Waals surface area (Å²) in [4.78, 5) is 12.0. The maximum atomic E-state index is 13.5. The SMILES string of the molecule is Cc1ccc(S(=O)(=O)N(C)CC(=O)Nc2ccc(F)cc2F)cc1. The van der Waals surface area contributed by atoms with Gasteiger partial charge in [-0.3, -0.25) is 4.79 Å². The van der Waals surface area contributed by atoms with Crippen LogP contribution >= 0.6 is 0 Å². The fraction of sp³-hybridized carbons (Fsp3) is 0.188. The average molecular weight is 354 g/mol. The van der Waals surface area contributed by atoms with Gasteiger partial charge in [-0.25, -0.2) is 17.2 Å². The third-order valence-corrected chi connectivity index (χ3v) is 5.12. The molecule has 0 aliphatic rings. The Balaban J connectivity index is 2.09. The summed E-state index contributed by atoms with van der Waals surface area (Å²) in [6.07, 6.45) is 0. The average Bonchev–Trinajstić information content (AvgIpc) is 2.50. The maximum Gasteiger partial charge on any atom is 0.243 e. The zero-order valence-electron chi connectivity index (χ0n) is 13.1. The number of anilines is 1. The van der Waals surface area contributed by atoms with Crippen LogP contribution in [0.3, 0.4) is 0 Å². The van der Waals surface area contributed by atoms with Crippen molar-refractivity contribution in [3.05, 3.63) is 59.7 Å². The van der Waals surface area contributed by atoms with Crippen LogP contribution in [0.15, 0.2) is 47.4 Å². The van der Waals surface area contributed by atoms with E-state index in [1.54, 1.807) is 12.1 Å². The number of carbonyl (C=O) groups is 1. The van der Waals surface area contributed by atoms with E-state index in [0.29, 0.717) is 6.07 Å². The Bertz CT molecular complexity index is 852. The van der Waals surface area contributed by atoms with Crippen LogP contribution in [0.5, 0.6) is 0 Å².